The fraction of sp³-hybridized carbons (Fsp3) is 0.125. The molecule has 0 atom stereocenters. The quantitative estimate of drug-likeness (QED) is 0.358. The molecule has 1 amide bonds. The molecule has 0 saturated carbocycles. The zero-order valence-corrected chi connectivity index (χ0v) is 20.8. The predicted molar refractivity (Wildman–Crippen MR) is 137 cm³/mol. The van der Waals surface area contributed by atoms with Crippen LogP contribution in [-0.4, -0.2) is 30.8 Å². The highest BCUT2D eigenvalue weighted by molar-refractivity contribution is 7.92. The van der Waals surface area contributed by atoms with Gasteiger partial charge in [0.05, 0.1) is 18.5 Å². The van der Waals surface area contributed by atoms with Gasteiger partial charge in [-0.2, -0.15) is 0 Å². The number of rotatable bonds is 7. The van der Waals surface area contributed by atoms with Gasteiger partial charge in [-0.05, 0) is 48.9 Å². The minimum Gasteiger partial charge on any atom is -0.296 e. The molecule has 0 aliphatic rings. The summed E-state index contributed by atoms with van der Waals surface area (Å²) in [6.07, 6.45) is 1.14. The number of carbonyl (C=O) groups excluding carboxylic acids is 1. The third-order valence-corrected chi connectivity index (χ3v) is 7.28. The van der Waals surface area contributed by atoms with Crippen molar-refractivity contribution in [3.05, 3.63) is 94.5 Å². The standard InChI is InChI=1S/C24H21ClN4O3S2/c1-16-3-7-19(8-4-16)23-27-28-24(33-23)26-22(30)18-9-13-21(14-10-18)29(34(2,31)32)15-17-5-11-20(25)12-6-17/h3-14H,15H2,1-2H3,(H,26,28,30). The molecule has 4 rings (SSSR count). The lowest BCUT2D eigenvalue weighted by Crippen LogP contribution is -2.29. The summed E-state index contributed by atoms with van der Waals surface area (Å²) in [5, 5.41) is 12.6. The van der Waals surface area contributed by atoms with E-state index in [1.165, 1.54) is 15.6 Å². The Kier molecular flexibility index (Phi) is 6.97. The van der Waals surface area contributed by atoms with Crippen molar-refractivity contribution in [3.8, 4) is 10.6 Å². The first-order valence-corrected chi connectivity index (χ1v) is 13.3. The number of aryl methyl sites for hydroxylation is 1. The first-order chi connectivity index (χ1) is 16.2. The molecule has 0 fully saturated rings. The minimum absolute atomic E-state index is 0.147. The van der Waals surface area contributed by atoms with E-state index in [0.29, 0.717) is 26.4 Å². The molecule has 1 heterocycles. The van der Waals surface area contributed by atoms with Gasteiger partial charge in [-0.1, -0.05) is 64.9 Å². The van der Waals surface area contributed by atoms with Crippen LogP contribution < -0.4 is 9.62 Å². The molecule has 1 aromatic heterocycles. The zero-order valence-electron chi connectivity index (χ0n) is 18.4. The maximum Gasteiger partial charge on any atom is 0.257 e. The molecule has 0 saturated heterocycles. The van der Waals surface area contributed by atoms with Crippen molar-refractivity contribution in [3.63, 3.8) is 0 Å². The van der Waals surface area contributed by atoms with Crippen LogP contribution in [0.3, 0.4) is 0 Å². The lowest BCUT2D eigenvalue weighted by molar-refractivity contribution is 0.102. The number of hydrogen-bond donors (Lipinski definition) is 1. The third-order valence-electron chi connectivity index (χ3n) is 5.00. The molecule has 4 aromatic rings. The largest absolute Gasteiger partial charge is 0.296 e. The van der Waals surface area contributed by atoms with Crippen LogP contribution in [0.15, 0.2) is 72.8 Å². The second-order valence-corrected chi connectivity index (χ2v) is 11.0. The number of benzene rings is 3. The van der Waals surface area contributed by atoms with Gasteiger partial charge in [0.2, 0.25) is 15.2 Å². The highest BCUT2D eigenvalue weighted by Gasteiger charge is 2.19. The molecule has 0 radical (unpaired) electrons. The molecule has 0 aliphatic heterocycles. The summed E-state index contributed by atoms with van der Waals surface area (Å²) in [6.45, 7) is 2.15. The zero-order chi connectivity index (χ0) is 24.3. The molecule has 0 bridgehead atoms. The van der Waals surface area contributed by atoms with Gasteiger partial charge in [-0.15, -0.1) is 10.2 Å². The number of amides is 1. The summed E-state index contributed by atoms with van der Waals surface area (Å²) < 4.78 is 26.1. The Bertz CT molecular complexity index is 1400. The number of anilines is 2. The summed E-state index contributed by atoms with van der Waals surface area (Å²) in [5.41, 5.74) is 3.68. The third kappa shape index (κ3) is 5.80. The second kappa shape index (κ2) is 9.92. The van der Waals surface area contributed by atoms with Crippen LogP contribution in [-0.2, 0) is 16.6 Å². The van der Waals surface area contributed by atoms with E-state index in [1.807, 2.05) is 31.2 Å². The molecule has 0 spiro atoms. The lowest BCUT2D eigenvalue weighted by Gasteiger charge is -2.22. The van der Waals surface area contributed by atoms with Crippen LogP contribution in [0.5, 0.6) is 0 Å². The van der Waals surface area contributed by atoms with Gasteiger partial charge in [0.1, 0.15) is 5.01 Å². The first-order valence-electron chi connectivity index (χ1n) is 10.2. The van der Waals surface area contributed by atoms with Crippen LogP contribution in [0.2, 0.25) is 5.02 Å². The highest BCUT2D eigenvalue weighted by atomic mass is 35.5. The highest BCUT2D eigenvalue weighted by Crippen LogP contribution is 2.27. The normalized spacial score (nSPS) is 11.3. The van der Waals surface area contributed by atoms with Crippen LogP contribution >= 0.6 is 22.9 Å². The maximum absolute atomic E-state index is 12.7. The summed E-state index contributed by atoms with van der Waals surface area (Å²) >= 11 is 7.20. The van der Waals surface area contributed by atoms with E-state index in [2.05, 4.69) is 15.5 Å². The molecule has 174 valence electrons. The van der Waals surface area contributed by atoms with E-state index >= 15 is 0 Å². The van der Waals surface area contributed by atoms with E-state index < -0.39 is 10.0 Å². The molecule has 10 heteroatoms. The van der Waals surface area contributed by atoms with E-state index in [1.54, 1.807) is 48.5 Å². The number of halogens is 1. The van der Waals surface area contributed by atoms with Crippen molar-refractivity contribution < 1.29 is 13.2 Å². The molecular formula is C24H21ClN4O3S2. The van der Waals surface area contributed by atoms with Gasteiger partial charge >= 0.3 is 0 Å². The molecule has 34 heavy (non-hydrogen) atoms. The number of aromatic nitrogens is 2. The smallest absolute Gasteiger partial charge is 0.257 e. The van der Waals surface area contributed by atoms with Gasteiger partial charge in [-0.3, -0.25) is 14.4 Å². The van der Waals surface area contributed by atoms with Crippen LogP contribution in [0.4, 0.5) is 10.8 Å². The van der Waals surface area contributed by atoms with Gasteiger partial charge in [0.25, 0.3) is 5.91 Å². The number of nitrogens with one attached hydrogen (secondary N) is 1. The Morgan fingerprint density at radius 2 is 1.62 bits per heavy atom. The molecule has 7 nitrogen and oxygen atoms in total. The Morgan fingerprint density at radius 1 is 0.971 bits per heavy atom. The molecule has 0 unspecified atom stereocenters. The topological polar surface area (TPSA) is 92.3 Å². The van der Waals surface area contributed by atoms with Crippen molar-refractivity contribution in [2.75, 3.05) is 15.9 Å². The second-order valence-electron chi connectivity index (χ2n) is 7.68. The summed E-state index contributed by atoms with van der Waals surface area (Å²) in [4.78, 5) is 12.7. The summed E-state index contributed by atoms with van der Waals surface area (Å²) in [7, 11) is -3.55. The van der Waals surface area contributed by atoms with Crippen molar-refractivity contribution in [2.45, 2.75) is 13.5 Å². The summed E-state index contributed by atoms with van der Waals surface area (Å²) in [6, 6.07) is 21.2. The number of nitrogens with zero attached hydrogens (tertiary/aromatic N) is 3. The van der Waals surface area contributed by atoms with Crippen molar-refractivity contribution in [1.29, 1.82) is 0 Å². The average Bonchev–Trinajstić information content (AvgIpc) is 3.27. The molecule has 3 aromatic carbocycles. The Hall–Kier alpha value is -3.27. The molecule has 0 aliphatic carbocycles. The van der Waals surface area contributed by atoms with E-state index in [-0.39, 0.29) is 12.5 Å². The number of carbonyl (C=O) groups is 1. The minimum atomic E-state index is -3.55. The van der Waals surface area contributed by atoms with Crippen LogP contribution in [0.25, 0.3) is 10.6 Å². The first kappa shape index (κ1) is 23.9. The van der Waals surface area contributed by atoms with Crippen molar-refractivity contribution >= 4 is 49.7 Å². The van der Waals surface area contributed by atoms with Gasteiger partial charge < -0.3 is 0 Å². The number of hydrogen-bond acceptors (Lipinski definition) is 6. The SMILES string of the molecule is Cc1ccc(-c2nnc(NC(=O)c3ccc(N(Cc4ccc(Cl)cc4)S(C)(=O)=O)cc3)s2)cc1. The lowest BCUT2D eigenvalue weighted by atomic mass is 10.2. The van der Waals surface area contributed by atoms with E-state index in [0.717, 1.165) is 22.9 Å². The monoisotopic (exact) mass is 512 g/mol. The van der Waals surface area contributed by atoms with Crippen molar-refractivity contribution in [2.24, 2.45) is 0 Å². The van der Waals surface area contributed by atoms with Crippen molar-refractivity contribution in [1.82, 2.24) is 10.2 Å². The maximum atomic E-state index is 12.7. The Labute approximate surface area is 207 Å². The molecular weight excluding hydrogens is 492 g/mol. The summed E-state index contributed by atoms with van der Waals surface area (Å²) in [5.74, 6) is -0.359. The van der Waals surface area contributed by atoms with Crippen LogP contribution in [0.1, 0.15) is 21.5 Å². The fourth-order valence-corrected chi connectivity index (χ4v) is 4.95. The predicted octanol–water partition coefficient (Wildman–Crippen LogP) is 5.39. The Balaban J connectivity index is 1.48. The van der Waals surface area contributed by atoms with Gasteiger partial charge in [0, 0.05) is 16.1 Å². The van der Waals surface area contributed by atoms with Gasteiger partial charge in [-0.25, -0.2) is 8.42 Å². The number of sulfonamides is 1. The molecule has 1 N–H and O–H groups in total. The van der Waals surface area contributed by atoms with Crippen LogP contribution in [0, 0.1) is 6.92 Å². The average molecular weight is 513 g/mol. The van der Waals surface area contributed by atoms with Gasteiger partial charge in [0.15, 0.2) is 0 Å². The Morgan fingerprint density at radius 3 is 2.24 bits per heavy atom. The fourth-order valence-electron chi connectivity index (χ4n) is 3.19. The van der Waals surface area contributed by atoms with E-state index in [9.17, 15) is 13.2 Å². The van der Waals surface area contributed by atoms with E-state index in [4.69, 9.17) is 11.6 Å².